The number of hydrogen-bond acceptors (Lipinski definition) is 9. The fraction of sp³-hybridized carbons (Fsp3) is 0.634. The van der Waals surface area contributed by atoms with Gasteiger partial charge in [0.2, 0.25) is 10.0 Å². The molecule has 10 nitrogen and oxygen atoms in total. The van der Waals surface area contributed by atoms with Crippen molar-refractivity contribution in [2.45, 2.75) is 80.6 Å². The smallest absolute Gasteiger partial charge is 0.264 e. The first-order valence-corrected chi connectivity index (χ1v) is 21.7. The average Bonchev–Trinajstić information content (AvgIpc) is 3.29. The number of methoxy groups -OCH3 is 1. The van der Waals surface area contributed by atoms with Crippen LogP contribution >= 0.6 is 11.6 Å². The molecule has 2 aliphatic carbocycles. The second-order valence-corrected chi connectivity index (χ2v) is 18.8. The van der Waals surface area contributed by atoms with Gasteiger partial charge in [0, 0.05) is 75.0 Å². The van der Waals surface area contributed by atoms with Crippen molar-refractivity contribution >= 4 is 33.2 Å². The lowest BCUT2D eigenvalue weighted by molar-refractivity contribution is -0.108. The predicted octanol–water partition coefficient (Wildman–Crippen LogP) is 5.43. The van der Waals surface area contributed by atoms with Gasteiger partial charge in [0.1, 0.15) is 11.4 Å². The van der Waals surface area contributed by atoms with Crippen molar-refractivity contribution in [2.75, 3.05) is 77.6 Å². The molecule has 6 atom stereocenters. The number of carbonyl (C=O) groups is 1. The molecule has 1 amide bonds. The number of halogens is 1. The van der Waals surface area contributed by atoms with Crippen LogP contribution in [0.5, 0.6) is 5.75 Å². The van der Waals surface area contributed by atoms with Crippen LogP contribution in [0.3, 0.4) is 0 Å². The maximum Gasteiger partial charge on any atom is 0.264 e. The number of aryl methyl sites for hydroxylation is 1. The van der Waals surface area contributed by atoms with E-state index < -0.39 is 26.8 Å². The predicted molar refractivity (Wildman–Crippen MR) is 208 cm³/mol. The van der Waals surface area contributed by atoms with Crippen LogP contribution in [0.25, 0.3) is 0 Å². The van der Waals surface area contributed by atoms with E-state index in [1.54, 1.807) is 6.07 Å². The molecule has 2 aromatic rings. The Kier molecular flexibility index (Phi) is 10.6. The van der Waals surface area contributed by atoms with Crippen molar-refractivity contribution < 1.29 is 27.4 Å². The number of ether oxygens (including phenoxy) is 3. The number of carbonyl (C=O) groups excluding carboxylic acids is 1. The minimum Gasteiger partial charge on any atom is -0.490 e. The van der Waals surface area contributed by atoms with Crippen LogP contribution in [-0.2, 0) is 31.3 Å². The topological polar surface area (TPSA) is 101 Å². The van der Waals surface area contributed by atoms with Crippen molar-refractivity contribution in [3.8, 4) is 5.75 Å². The summed E-state index contributed by atoms with van der Waals surface area (Å²) in [6.45, 7) is 10.2. The number of rotatable bonds is 4. The molecule has 1 N–H and O–H groups in total. The van der Waals surface area contributed by atoms with Gasteiger partial charge < -0.3 is 19.1 Å². The molecule has 2 saturated heterocycles. The van der Waals surface area contributed by atoms with Crippen LogP contribution in [0.15, 0.2) is 48.6 Å². The number of benzene rings is 2. The number of amides is 1. The lowest BCUT2D eigenvalue weighted by Gasteiger charge is -2.53. The zero-order valence-corrected chi connectivity index (χ0v) is 32.8. The largest absolute Gasteiger partial charge is 0.490 e. The van der Waals surface area contributed by atoms with Crippen LogP contribution in [0, 0.1) is 11.8 Å². The van der Waals surface area contributed by atoms with Crippen molar-refractivity contribution in [1.82, 2.24) is 14.5 Å². The molecule has 8 rings (SSSR count). The Morgan fingerprint density at radius 2 is 1.96 bits per heavy atom. The Bertz CT molecular complexity index is 1820. The summed E-state index contributed by atoms with van der Waals surface area (Å²) in [4.78, 5) is 21.2. The summed E-state index contributed by atoms with van der Waals surface area (Å²) in [7, 11) is -2.07. The monoisotopic (exact) mass is 766 g/mol. The molecule has 4 heterocycles. The highest BCUT2D eigenvalue weighted by Crippen LogP contribution is 2.49. The van der Waals surface area contributed by atoms with Gasteiger partial charge in [0.15, 0.2) is 0 Å². The quantitative estimate of drug-likeness (QED) is 0.409. The van der Waals surface area contributed by atoms with Gasteiger partial charge in [0.05, 0.1) is 30.8 Å². The third-order valence-corrected chi connectivity index (χ3v) is 15.5. The molecule has 6 aliphatic rings. The Morgan fingerprint density at radius 3 is 2.77 bits per heavy atom. The number of fused-ring (bicyclic) bond motifs is 5. The van der Waals surface area contributed by atoms with E-state index in [0.29, 0.717) is 43.4 Å². The molecular formula is C41H55ClN4O6S. The van der Waals surface area contributed by atoms with Crippen molar-refractivity contribution in [3.63, 3.8) is 0 Å². The maximum absolute atomic E-state index is 13.7. The zero-order valence-electron chi connectivity index (χ0n) is 31.2. The third-order valence-electron chi connectivity index (χ3n) is 13.4. The highest BCUT2D eigenvalue weighted by atomic mass is 35.5. The Balaban J connectivity index is 1.18. The molecule has 3 fully saturated rings. The average molecular weight is 767 g/mol. The van der Waals surface area contributed by atoms with Crippen molar-refractivity contribution in [2.24, 2.45) is 11.8 Å². The Hall–Kier alpha value is -2.67. The number of piperazine rings is 1. The number of anilines is 1. The van der Waals surface area contributed by atoms with Crippen molar-refractivity contribution in [3.05, 3.63) is 70.3 Å². The molecular weight excluding hydrogens is 712 g/mol. The molecule has 0 radical (unpaired) electrons. The number of hydrogen-bond donors (Lipinski definition) is 1. The first-order valence-electron chi connectivity index (χ1n) is 19.8. The van der Waals surface area contributed by atoms with E-state index in [1.165, 1.54) is 11.1 Å². The normalized spacial score (nSPS) is 34.0. The number of allylic oxidation sites excluding steroid dienone is 1. The molecule has 288 valence electrons. The van der Waals surface area contributed by atoms with Gasteiger partial charge >= 0.3 is 0 Å². The van der Waals surface area contributed by atoms with Gasteiger partial charge in [-0.15, -0.1) is 0 Å². The Labute approximate surface area is 320 Å². The third kappa shape index (κ3) is 7.27. The second kappa shape index (κ2) is 15.1. The minimum atomic E-state index is -3.92. The molecule has 2 aromatic carbocycles. The van der Waals surface area contributed by atoms with Crippen LogP contribution in [0.4, 0.5) is 5.69 Å². The van der Waals surface area contributed by atoms with E-state index in [4.69, 9.17) is 25.8 Å². The number of sulfonamides is 1. The van der Waals surface area contributed by atoms with Gasteiger partial charge in [-0.3, -0.25) is 14.6 Å². The SMILES string of the molecule is CC[C@@H]1CC/C=C\[C@](CN2CCN3CCOC[C@@H]3C2)(OC)[C@@H]2CC[C@H]2CN2C[C@@]3(CCCc4cc(Cl)ccc43)COc3ccc(cc32)C(=O)NS1(=O)=O. The molecule has 12 heteroatoms. The van der Waals surface area contributed by atoms with Crippen LogP contribution in [0.1, 0.15) is 73.4 Å². The second-order valence-electron chi connectivity index (χ2n) is 16.4. The summed E-state index contributed by atoms with van der Waals surface area (Å²) in [5, 5.41) is 0.0513. The summed E-state index contributed by atoms with van der Waals surface area (Å²) in [5.74, 6) is 0.713. The lowest BCUT2D eigenvalue weighted by Crippen LogP contribution is -2.62. The van der Waals surface area contributed by atoms with Crippen molar-refractivity contribution in [1.29, 1.82) is 0 Å². The Morgan fingerprint density at radius 1 is 1.08 bits per heavy atom. The molecule has 1 spiro atoms. The van der Waals surface area contributed by atoms with Gasteiger partial charge in [-0.1, -0.05) is 36.7 Å². The molecule has 53 heavy (non-hydrogen) atoms. The van der Waals surface area contributed by atoms with Gasteiger partial charge in [-0.2, -0.15) is 0 Å². The molecule has 1 saturated carbocycles. The maximum atomic E-state index is 13.7. The zero-order chi connectivity index (χ0) is 36.8. The van der Waals surface area contributed by atoms with E-state index in [0.717, 1.165) is 108 Å². The molecule has 2 bridgehead atoms. The number of nitrogens with zero attached hydrogens (tertiary/aromatic N) is 3. The molecule has 0 aromatic heterocycles. The summed E-state index contributed by atoms with van der Waals surface area (Å²) >= 11 is 6.51. The van der Waals surface area contributed by atoms with E-state index >= 15 is 0 Å². The first-order chi connectivity index (χ1) is 25.6. The minimum absolute atomic E-state index is 0.260. The van der Waals surface area contributed by atoms with Crippen LogP contribution in [-0.4, -0.2) is 114 Å². The highest BCUT2D eigenvalue weighted by Gasteiger charge is 2.50. The summed E-state index contributed by atoms with van der Waals surface area (Å²) in [5.41, 5.74) is 2.91. The van der Waals surface area contributed by atoms with E-state index in [-0.39, 0.29) is 11.3 Å². The summed E-state index contributed by atoms with van der Waals surface area (Å²) in [6, 6.07) is 12.1. The van der Waals surface area contributed by atoms with Gasteiger partial charge in [-0.05, 0) is 105 Å². The highest BCUT2D eigenvalue weighted by molar-refractivity contribution is 7.90. The van der Waals surface area contributed by atoms with E-state index in [9.17, 15) is 13.2 Å². The molecule has 0 unspecified atom stereocenters. The van der Waals surface area contributed by atoms with Gasteiger partial charge in [0.25, 0.3) is 5.91 Å². The summed E-state index contributed by atoms with van der Waals surface area (Å²) < 4.78 is 49.0. The van der Waals surface area contributed by atoms with E-state index in [1.807, 2.05) is 32.2 Å². The standard InChI is InChI=1S/C41H55ClN4O6S/c1-3-34-8-4-5-16-41(50-2,27-44-17-18-45-19-20-51-25-33(45)24-44)36-12-9-31(36)23-46-26-40(15-6-7-29-21-32(42)11-13-35(29)40)28-52-38-14-10-30(22-37(38)46)39(47)43-53(34,48)49/h5,10-11,13-14,16,21-22,31,33-34,36H,3-4,6-9,12,15,17-20,23-28H2,1-2H3,(H,43,47)/b16-5-/t31-,33-,34+,36+,40-,41+/m0/s1. The van der Waals surface area contributed by atoms with E-state index in [2.05, 4.69) is 43.7 Å². The van der Waals surface area contributed by atoms with Crippen LogP contribution in [0.2, 0.25) is 5.02 Å². The first kappa shape index (κ1) is 37.3. The van der Waals surface area contributed by atoms with Crippen LogP contribution < -0.4 is 14.4 Å². The fourth-order valence-corrected chi connectivity index (χ4v) is 11.9. The number of morpholine rings is 1. The number of nitrogens with one attached hydrogen (secondary N) is 1. The molecule has 4 aliphatic heterocycles. The summed E-state index contributed by atoms with van der Waals surface area (Å²) in [6.07, 6.45) is 10.9. The lowest BCUT2D eigenvalue weighted by atomic mass is 9.63. The van der Waals surface area contributed by atoms with Gasteiger partial charge in [-0.25, -0.2) is 13.1 Å². The fourth-order valence-electron chi connectivity index (χ4n) is 10.3.